The molecule has 158 valence electrons. The summed E-state index contributed by atoms with van der Waals surface area (Å²) in [5.74, 6) is 1.13. The van der Waals surface area contributed by atoms with Crippen molar-refractivity contribution in [2.24, 2.45) is 5.92 Å². The third kappa shape index (κ3) is 4.22. The molecule has 0 radical (unpaired) electrons. The van der Waals surface area contributed by atoms with Gasteiger partial charge in [-0.2, -0.15) is 0 Å². The van der Waals surface area contributed by atoms with Crippen LogP contribution in [0.1, 0.15) is 28.9 Å². The van der Waals surface area contributed by atoms with E-state index in [2.05, 4.69) is 15.2 Å². The first-order valence-corrected chi connectivity index (χ1v) is 10.5. The van der Waals surface area contributed by atoms with Gasteiger partial charge in [0.25, 0.3) is 5.91 Å². The van der Waals surface area contributed by atoms with E-state index in [1.54, 1.807) is 24.5 Å². The highest BCUT2D eigenvalue weighted by molar-refractivity contribution is 6.01. The van der Waals surface area contributed by atoms with Crippen LogP contribution >= 0.6 is 0 Å². The zero-order chi connectivity index (χ0) is 21.2. The van der Waals surface area contributed by atoms with Crippen molar-refractivity contribution in [1.29, 1.82) is 0 Å². The van der Waals surface area contributed by atoms with E-state index in [-0.39, 0.29) is 24.2 Å². The highest BCUT2D eigenvalue weighted by Crippen LogP contribution is 2.31. The van der Waals surface area contributed by atoms with Crippen molar-refractivity contribution in [2.45, 2.75) is 19.4 Å². The highest BCUT2D eigenvalue weighted by atomic mass is 16.5. The molecule has 0 unspecified atom stereocenters. The minimum absolute atomic E-state index is 0.0110. The fourth-order valence-electron chi connectivity index (χ4n) is 4.15. The van der Waals surface area contributed by atoms with Crippen LogP contribution < -0.4 is 10.1 Å². The Morgan fingerprint density at radius 1 is 1.13 bits per heavy atom. The third-order valence-corrected chi connectivity index (χ3v) is 5.81. The number of likely N-dealkylation sites (tertiary alicyclic amines) is 1. The number of nitrogens with one attached hydrogen (secondary N) is 1. The van der Waals surface area contributed by atoms with Crippen molar-refractivity contribution in [3.63, 3.8) is 0 Å². The molecule has 3 aromatic rings. The molecule has 1 amide bonds. The van der Waals surface area contributed by atoms with Gasteiger partial charge in [-0.05, 0) is 56.3 Å². The van der Waals surface area contributed by atoms with Gasteiger partial charge < -0.3 is 14.5 Å². The summed E-state index contributed by atoms with van der Waals surface area (Å²) in [5.41, 5.74) is 3.05. The number of hydrogen-bond donors (Lipinski definition) is 1. The number of fused-ring (bicyclic) bond motifs is 1. The van der Waals surface area contributed by atoms with Gasteiger partial charge in [-0.3, -0.25) is 14.5 Å². The number of ketones is 1. The Hall–Kier alpha value is -3.45. The van der Waals surface area contributed by atoms with Crippen LogP contribution in [0.15, 0.2) is 59.2 Å². The lowest BCUT2D eigenvalue weighted by Crippen LogP contribution is -2.36. The van der Waals surface area contributed by atoms with Crippen LogP contribution in [0.2, 0.25) is 0 Å². The van der Waals surface area contributed by atoms with Gasteiger partial charge >= 0.3 is 0 Å². The van der Waals surface area contributed by atoms with Gasteiger partial charge in [-0.25, -0.2) is 4.98 Å². The molecule has 0 spiro atoms. The average Bonchev–Trinajstić information content (AvgIpc) is 3.28. The first-order chi connectivity index (χ1) is 15.2. The standard InChI is InChI=1S/C24H23N3O4/c28-22-15-30-21-7-6-18(12-20(21)26-22)23(29)16-8-10-27(11-9-16)13-19-14-31-24(25-19)17-4-2-1-3-5-17/h1-7,12,14,16H,8-11,13,15H2,(H,26,28). The number of anilines is 1. The van der Waals surface area contributed by atoms with Gasteiger partial charge in [-0.15, -0.1) is 0 Å². The maximum absolute atomic E-state index is 13.0. The SMILES string of the molecule is O=C1COc2ccc(C(=O)C3CCN(Cc4coc(-c5ccccc5)n4)CC3)cc2N1. The fraction of sp³-hybridized carbons (Fsp3) is 0.292. The zero-order valence-electron chi connectivity index (χ0n) is 17.0. The van der Waals surface area contributed by atoms with E-state index in [9.17, 15) is 9.59 Å². The summed E-state index contributed by atoms with van der Waals surface area (Å²) in [4.78, 5) is 31.4. The molecular formula is C24H23N3O4. The normalized spacial score (nSPS) is 17.0. The number of amides is 1. The van der Waals surface area contributed by atoms with E-state index in [0.29, 0.717) is 29.4 Å². The molecule has 2 aliphatic heterocycles. The molecule has 1 N–H and O–H groups in total. The van der Waals surface area contributed by atoms with E-state index < -0.39 is 0 Å². The predicted octanol–water partition coefficient (Wildman–Crippen LogP) is 3.77. The summed E-state index contributed by atoms with van der Waals surface area (Å²) in [6.07, 6.45) is 3.30. The smallest absolute Gasteiger partial charge is 0.262 e. The second-order valence-corrected chi connectivity index (χ2v) is 7.97. The minimum atomic E-state index is -0.200. The number of ether oxygens (including phenoxy) is 1. The van der Waals surface area contributed by atoms with Gasteiger partial charge in [-0.1, -0.05) is 18.2 Å². The number of oxazole rings is 1. The molecule has 1 fully saturated rings. The number of carbonyl (C=O) groups is 2. The molecule has 1 saturated heterocycles. The Balaban J connectivity index is 1.18. The van der Waals surface area contributed by atoms with Gasteiger partial charge in [0.05, 0.1) is 11.4 Å². The first kappa shape index (κ1) is 19.5. The maximum atomic E-state index is 13.0. The van der Waals surface area contributed by atoms with E-state index in [1.165, 1.54) is 0 Å². The topological polar surface area (TPSA) is 84.7 Å². The minimum Gasteiger partial charge on any atom is -0.482 e. The van der Waals surface area contributed by atoms with Crippen LogP contribution in [-0.4, -0.2) is 41.3 Å². The van der Waals surface area contributed by atoms with Crippen LogP contribution in [0, 0.1) is 5.92 Å². The van der Waals surface area contributed by atoms with Crippen molar-refractivity contribution in [3.8, 4) is 17.2 Å². The molecule has 2 aliphatic rings. The fourth-order valence-corrected chi connectivity index (χ4v) is 4.15. The summed E-state index contributed by atoms with van der Waals surface area (Å²) in [7, 11) is 0. The molecular weight excluding hydrogens is 394 g/mol. The van der Waals surface area contributed by atoms with Crippen molar-refractivity contribution < 1.29 is 18.7 Å². The van der Waals surface area contributed by atoms with Crippen molar-refractivity contribution in [3.05, 3.63) is 66.1 Å². The molecule has 0 atom stereocenters. The number of Topliss-reactive ketones (excluding diaryl/α,β-unsaturated/α-hetero) is 1. The van der Waals surface area contributed by atoms with Crippen molar-refractivity contribution >= 4 is 17.4 Å². The maximum Gasteiger partial charge on any atom is 0.262 e. The number of rotatable bonds is 5. The summed E-state index contributed by atoms with van der Waals surface area (Å²) in [5, 5.41) is 2.77. The van der Waals surface area contributed by atoms with E-state index in [1.807, 2.05) is 30.3 Å². The molecule has 2 aromatic carbocycles. The summed E-state index contributed by atoms with van der Waals surface area (Å²) in [6, 6.07) is 15.1. The van der Waals surface area contributed by atoms with Crippen LogP contribution in [0.3, 0.4) is 0 Å². The summed E-state index contributed by atoms with van der Waals surface area (Å²) < 4.78 is 11.0. The molecule has 5 rings (SSSR count). The largest absolute Gasteiger partial charge is 0.482 e. The third-order valence-electron chi connectivity index (χ3n) is 5.81. The van der Waals surface area contributed by atoms with Gasteiger partial charge in [0, 0.05) is 23.6 Å². The molecule has 3 heterocycles. The number of nitrogens with zero attached hydrogens (tertiary/aromatic N) is 2. The van der Waals surface area contributed by atoms with Gasteiger partial charge in [0.1, 0.15) is 12.0 Å². The van der Waals surface area contributed by atoms with Crippen LogP contribution in [0.4, 0.5) is 5.69 Å². The van der Waals surface area contributed by atoms with Gasteiger partial charge in [0.2, 0.25) is 5.89 Å². The predicted molar refractivity (Wildman–Crippen MR) is 115 cm³/mol. The zero-order valence-corrected chi connectivity index (χ0v) is 17.0. The number of hydrogen-bond acceptors (Lipinski definition) is 6. The number of benzene rings is 2. The molecule has 31 heavy (non-hydrogen) atoms. The van der Waals surface area contributed by atoms with Crippen LogP contribution in [-0.2, 0) is 11.3 Å². The van der Waals surface area contributed by atoms with E-state index in [0.717, 1.165) is 37.2 Å². The number of aromatic nitrogens is 1. The molecule has 0 bridgehead atoms. The molecule has 7 heteroatoms. The molecule has 1 aromatic heterocycles. The Kier molecular flexibility index (Phi) is 5.26. The Bertz CT molecular complexity index is 1100. The lowest BCUT2D eigenvalue weighted by Gasteiger charge is -2.30. The lowest BCUT2D eigenvalue weighted by atomic mass is 9.88. The molecule has 7 nitrogen and oxygen atoms in total. The summed E-state index contributed by atoms with van der Waals surface area (Å²) in [6.45, 7) is 2.38. The Morgan fingerprint density at radius 3 is 2.74 bits per heavy atom. The number of piperidine rings is 1. The monoisotopic (exact) mass is 417 g/mol. The molecule has 0 saturated carbocycles. The van der Waals surface area contributed by atoms with Crippen molar-refractivity contribution in [2.75, 3.05) is 25.0 Å². The summed E-state index contributed by atoms with van der Waals surface area (Å²) >= 11 is 0. The Morgan fingerprint density at radius 2 is 1.94 bits per heavy atom. The average molecular weight is 417 g/mol. The van der Waals surface area contributed by atoms with E-state index >= 15 is 0 Å². The van der Waals surface area contributed by atoms with E-state index in [4.69, 9.17) is 9.15 Å². The molecule has 0 aliphatic carbocycles. The Labute approximate surface area is 180 Å². The number of carbonyl (C=O) groups excluding carboxylic acids is 2. The second-order valence-electron chi connectivity index (χ2n) is 7.97. The van der Waals surface area contributed by atoms with Gasteiger partial charge in [0.15, 0.2) is 12.4 Å². The second kappa shape index (κ2) is 8.35. The highest BCUT2D eigenvalue weighted by Gasteiger charge is 2.27. The van der Waals surface area contributed by atoms with Crippen molar-refractivity contribution in [1.82, 2.24) is 9.88 Å². The first-order valence-electron chi connectivity index (χ1n) is 10.5. The lowest BCUT2D eigenvalue weighted by molar-refractivity contribution is -0.118. The quantitative estimate of drug-likeness (QED) is 0.636. The van der Waals surface area contributed by atoms with Crippen LogP contribution in [0.25, 0.3) is 11.5 Å². The van der Waals surface area contributed by atoms with Crippen LogP contribution in [0.5, 0.6) is 5.75 Å².